The normalized spacial score (nSPS) is 24.4. The van der Waals surface area contributed by atoms with Crippen LogP contribution in [0.15, 0.2) is 6.20 Å². The first kappa shape index (κ1) is 11.1. The standard InChI is InChI=1S/C13H19N3O/c1-2-5-14-11(3-1)7-13-15-8-10-9-17-6-4-12(10)16-13/h8,11,14H,1-7,9H2. The highest BCUT2D eigenvalue weighted by Gasteiger charge is 2.17. The molecule has 3 heterocycles. The molecule has 1 N–H and O–H groups in total. The molecule has 1 atom stereocenters. The van der Waals surface area contributed by atoms with Gasteiger partial charge < -0.3 is 10.1 Å². The van der Waals surface area contributed by atoms with E-state index in [0.717, 1.165) is 37.4 Å². The second-order valence-corrected chi connectivity index (χ2v) is 4.91. The predicted octanol–water partition coefficient (Wildman–Crippen LogP) is 1.23. The molecule has 0 bridgehead atoms. The van der Waals surface area contributed by atoms with Gasteiger partial charge in [0.15, 0.2) is 0 Å². The largest absolute Gasteiger partial charge is 0.376 e. The third-order valence-electron chi connectivity index (χ3n) is 3.59. The van der Waals surface area contributed by atoms with Crippen molar-refractivity contribution in [3.8, 4) is 0 Å². The van der Waals surface area contributed by atoms with Crippen molar-refractivity contribution >= 4 is 0 Å². The maximum absolute atomic E-state index is 5.39. The Balaban J connectivity index is 1.70. The van der Waals surface area contributed by atoms with E-state index in [1.165, 1.54) is 25.0 Å². The Hall–Kier alpha value is -1.00. The van der Waals surface area contributed by atoms with Crippen molar-refractivity contribution in [3.05, 3.63) is 23.3 Å². The monoisotopic (exact) mass is 233 g/mol. The molecule has 2 aliphatic heterocycles. The number of hydrogen-bond acceptors (Lipinski definition) is 4. The summed E-state index contributed by atoms with van der Waals surface area (Å²) in [6, 6.07) is 0.571. The van der Waals surface area contributed by atoms with E-state index < -0.39 is 0 Å². The Morgan fingerprint density at radius 3 is 3.29 bits per heavy atom. The first-order valence-corrected chi connectivity index (χ1v) is 6.56. The van der Waals surface area contributed by atoms with E-state index in [1.54, 1.807) is 0 Å². The molecule has 0 amide bonds. The van der Waals surface area contributed by atoms with E-state index in [9.17, 15) is 0 Å². The minimum Gasteiger partial charge on any atom is -0.376 e. The van der Waals surface area contributed by atoms with E-state index >= 15 is 0 Å². The van der Waals surface area contributed by atoms with Crippen molar-refractivity contribution in [1.82, 2.24) is 15.3 Å². The molecule has 0 spiro atoms. The average Bonchev–Trinajstić information content (AvgIpc) is 2.40. The van der Waals surface area contributed by atoms with Crippen LogP contribution in [0.5, 0.6) is 0 Å². The third kappa shape index (κ3) is 2.64. The van der Waals surface area contributed by atoms with Crippen molar-refractivity contribution < 1.29 is 4.74 Å². The van der Waals surface area contributed by atoms with E-state index in [2.05, 4.69) is 15.3 Å². The Morgan fingerprint density at radius 1 is 1.41 bits per heavy atom. The summed E-state index contributed by atoms with van der Waals surface area (Å²) in [6.07, 6.45) is 7.73. The van der Waals surface area contributed by atoms with Crippen LogP contribution in [0.25, 0.3) is 0 Å². The van der Waals surface area contributed by atoms with Gasteiger partial charge >= 0.3 is 0 Å². The molecule has 1 aromatic rings. The zero-order chi connectivity index (χ0) is 11.5. The number of hydrogen-bond donors (Lipinski definition) is 1. The van der Waals surface area contributed by atoms with Gasteiger partial charge in [-0.15, -0.1) is 0 Å². The lowest BCUT2D eigenvalue weighted by atomic mass is 10.0. The molecular weight excluding hydrogens is 214 g/mol. The molecule has 0 aromatic carbocycles. The molecule has 1 unspecified atom stereocenters. The quantitative estimate of drug-likeness (QED) is 0.834. The molecule has 0 aliphatic carbocycles. The second-order valence-electron chi connectivity index (χ2n) is 4.91. The summed E-state index contributed by atoms with van der Waals surface area (Å²) in [4.78, 5) is 9.13. The van der Waals surface area contributed by atoms with Crippen LogP contribution in [0.4, 0.5) is 0 Å². The lowest BCUT2D eigenvalue weighted by Gasteiger charge is -2.23. The highest BCUT2D eigenvalue weighted by Crippen LogP contribution is 2.15. The fourth-order valence-electron chi connectivity index (χ4n) is 2.59. The van der Waals surface area contributed by atoms with Gasteiger partial charge in [-0.25, -0.2) is 9.97 Å². The Bertz CT molecular complexity index is 388. The Kier molecular flexibility index (Phi) is 3.34. The first-order chi connectivity index (χ1) is 8.42. The van der Waals surface area contributed by atoms with Gasteiger partial charge in [0.05, 0.1) is 18.9 Å². The van der Waals surface area contributed by atoms with Crippen LogP contribution in [-0.2, 0) is 24.2 Å². The number of ether oxygens (including phenoxy) is 1. The third-order valence-corrected chi connectivity index (χ3v) is 3.59. The zero-order valence-electron chi connectivity index (χ0n) is 10.1. The molecule has 1 saturated heterocycles. The summed E-state index contributed by atoms with van der Waals surface area (Å²) in [7, 11) is 0. The summed E-state index contributed by atoms with van der Waals surface area (Å²) in [5.41, 5.74) is 2.36. The Morgan fingerprint density at radius 2 is 2.41 bits per heavy atom. The van der Waals surface area contributed by atoms with Crippen LogP contribution in [0.1, 0.15) is 36.3 Å². The average molecular weight is 233 g/mol. The fraction of sp³-hybridized carbons (Fsp3) is 0.692. The van der Waals surface area contributed by atoms with E-state index in [4.69, 9.17) is 4.74 Å². The van der Waals surface area contributed by atoms with E-state index in [1.807, 2.05) is 6.20 Å². The van der Waals surface area contributed by atoms with Crippen LogP contribution in [0.2, 0.25) is 0 Å². The van der Waals surface area contributed by atoms with Crippen molar-refractivity contribution in [3.63, 3.8) is 0 Å². The van der Waals surface area contributed by atoms with Crippen molar-refractivity contribution in [2.75, 3.05) is 13.2 Å². The number of nitrogens with zero attached hydrogens (tertiary/aromatic N) is 2. The number of piperidine rings is 1. The molecule has 1 aromatic heterocycles. The van der Waals surface area contributed by atoms with Gasteiger partial charge in [0.1, 0.15) is 5.82 Å². The molecule has 1 fully saturated rings. The summed E-state index contributed by atoms with van der Waals surface area (Å²) >= 11 is 0. The number of fused-ring (bicyclic) bond motifs is 1. The summed E-state index contributed by atoms with van der Waals surface area (Å²) < 4.78 is 5.39. The van der Waals surface area contributed by atoms with Gasteiger partial charge in [-0.2, -0.15) is 0 Å². The second kappa shape index (κ2) is 5.10. The SMILES string of the molecule is c1nc(CC2CCCCN2)nc2c1COCC2. The minimum atomic E-state index is 0.571. The topological polar surface area (TPSA) is 47.0 Å². The summed E-state index contributed by atoms with van der Waals surface area (Å²) in [5.74, 6) is 0.991. The van der Waals surface area contributed by atoms with Crippen LogP contribution < -0.4 is 5.32 Å². The fourth-order valence-corrected chi connectivity index (χ4v) is 2.59. The van der Waals surface area contributed by atoms with Crippen LogP contribution >= 0.6 is 0 Å². The molecule has 0 radical (unpaired) electrons. The highest BCUT2D eigenvalue weighted by molar-refractivity contribution is 5.19. The Labute approximate surface area is 102 Å². The molecular formula is C13H19N3O. The molecule has 92 valence electrons. The number of rotatable bonds is 2. The number of aromatic nitrogens is 2. The van der Waals surface area contributed by atoms with Crippen LogP contribution in [0, 0.1) is 0 Å². The molecule has 4 nitrogen and oxygen atoms in total. The molecule has 0 saturated carbocycles. The van der Waals surface area contributed by atoms with Crippen LogP contribution in [-0.4, -0.2) is 29.2 Å². The highest BCUT2D eigenvalue weighted by atomic mass is 16.5. The summed E-state index contributed by atoms with van der Waals surface area (Å²) in [6.45, 7) is 2.62. The van der Waals surface area contributed by atoms with Crippen molar-refractivity contribution in [2.45, 2.75) is 44.8 Å². The van der Waals surface area contributed by atoms with E-state index in [0.29, 0.717) is 12.6 Å². The van der Waals surface area contributed by atoms with Gasteiger partial charge in [0, 0.05) is 30.6 Å². The van der Waals surface area contributed by atoms with Gasteiger partial charge in [0.2, 0.25) is 0 Å². The lowest BCUT2D eigenvalue weighted by molar-refractivity contribution is 0.108. The predicted molar refractivity (Wildman–Crippen MR) is 64.7 cm³/mol. The molecule has 2 aliphatic rings. The van der Waals surface area contributed by atoms with Crippen molar-refractivity contribution in [1.29, 1.82) is 0 Å². The maximum atomic E-state index is 5.39. The van der Waals surface area contributed by atoms with Crippen molar-refractivity contribution in [2.24, 2.45) is 0 Å². The first-order valence-electron chi connectivity index (χ1n) is 6.56. The van der Waals surface area contributed by atoms with Crippen LogP contribution in [0.3, 0.4) is 0 Å². The van der Waals surface area contributed by atoms with Gasteiger partial charge in [-0.3, -0.25) is 0 Å². The molecule has 17 heavy (non-hydrogen) atoms. The number of nitrogens with one attached hydrogen (secondary N) is 1. The van der Waals surface area contributed by atoms with Gasteiger partial charge in [-0.1, -0.05) is 6.42 Å². The molecule has 3 rings (SSSR count). The smallest absolute Gasteiger partial charge is 0.130 e. The summed E-state index contributed by atoms with van der Waals surface area (Å²) in [5, 5.41) is 3.54. The van der Waals surface area contributed by atoms with Gasteiger partial charge in [-0.05, 0) is 19.4 Å². The van der Waals surface area contributed by atoms with E-state index in [-0.39, 0.29) is 0 Å². The lowest BCUT2D eigenvalue weighted by Crippen LogP contribution is -2.36. The maximum Gasteiger partial charge on any atom is 0.130 e. The molecule has 4 heteroatoms. The zero-order valence-corrected chi connectivity index (χ0v) is 10.1. The minimum absolute atomic E-state index is 0.571. The van der Waals surface area contributed by atoms with Gasteiger partial charge in [0.25, 0.3) is 0 Å².